The quantitative estimate of drug-likeness (QED) is 0.719. The van der Waals surface area contributed by atoms with E-state index in [2.05, 4.69) is 19.2 Å². The van der Waals surface area contributed by atoms with E-state index in [-0.39, 0.29) is 5.97 Å². The van der Waals surface area contributed by atoms with E-state index in [1.165, 1.54) is 12.8 Å². The van der Waals surface area contributed by atoms with Crippen molar-refractivity contribution < 1.29 is 9.53 Å². The first-order valence-electron chi connectivity index (χ1n) is 7.16. The standard InChI is InChI=1S/C16H25NO2/c1-4-6-7-13(5-2)12-19-16(18)14-8-10-15(17-3)11-9-14/h8-11,13,17H,4-7,12H2,1-3H3/i16+2. The number of benzene rings is 1. The summed E-state index contributed by atoms with van der Waals surface area (Å²) < 4.78 is 5.39. The first-order valence-corrected chi connectivity index (χ1v) is 7.16. The predicted octanol–water partition coefficient (Wildman–Crippen LogP) is 4.10. The van der Waals surface area contributed by atoms with Crippen molar-refractivity contribution in [3.05, 3.63) is 29.8 Å². The van der Waals surface area contributed by atoms with Gasteiger partial charge in [-0.1, -0.05) is 33.1 Å². The third-order valence-electron chi connectivity index (χ3n) is 3.40. The average Bonchev–Trinajstić information content (AvgIpc) is 2.47. The minimum atomic E-state index is -0.224. The maximum Gasteiger partial charge on any atom is 0.338 e. The van der Waals surface area contributed by atoms with Crippen LogP contribution in [0.2, 0.25) is 0 Å². The number of hydrogen-bond donors (Lipinski definition) is 1. The number of hydrogen-bond acceptors (Lipinski definition) is 3. The second-order valence-electron chi connectivity index (χ2n) is 4.84. The molecule has 0 fully saturated rings. The second-order valence-corrected chi connectivity index (χ2v) is 4.84. The number of ether oxygens (including phenoxy) is 1. The van der Waals surface area contributed by atoms with Crippen LogP contribution in [0.4, 0.5) is 5.69 Å². The fourth-order valence-corrected chi connectivity index (χ4v) is 1.95. The van der Waals surface area contributed by atoms with Crippen molar-refractivity contribution in [2.24, 2.45) is 5.92 Å². The van der Waals surface area contributed by atoms with Crippen molar-refractivity contribution in [2.75, 3.05) is 19.0 Å². The molecule has 1 N–H and O–H groups in total. The molecule has 0 aliphatic rings. The van der Waals surface area contributed by atoms with Crippen LogP contribution in [0.25, 0.3) is 0 Å². The Bertz CT molecular complexity index is 373. The van der Waals surface area contributed by atoms with Crippen LogP contribution in [0.1, 0.15) is 49.9 Å². The van der Waals surface area contributed by atoms with Gasteiger partial charge in [0.05, 0.1) is 12.2 Å². The molecule has 1 atom stereocenters. The molecular weight excluding hydrogens is 240 g/mol. The smallest absolute Gasteiger partial charge is 0.338 e. The van der Waals surface area contributed by atoms with Gasteiger partial charge in [0.2, 0.25) is 0 Å². The highest BCUT2D eigenvalue weighted by atomic mass is 16.8. The van der Waals surface area contributed by atoms with Crippen LogP contribution in [-0.4, -0.2) is 19.6 Å². The molecule has 1 aromatic rings. The zero-order chi connectivity index (χ0) is 14.1. The van der Waals surface area contributed by atoms with Crippen molar-refractivity contribution in [2.45, 2.75) is 39.5 Å². The van der Waals surface area contributed by atoms with E-state index in [9.17, 15) is 4.79 Å². The topological polar surface area (TPSA) is 38.3 Å². The number of anilines is 1. The van der Waals surface area contributed by atoms with E-state index in [1.807, 2.05) is 19.2 Å². The molecule has 0 saturated heterocycles. The summed E-state index contributed by atoms with van der Waals surface area (Å²) in [5.74, 6) is 0.262. The third kappa shape index (κ3) is 5.33. The largest absolute Gasteiger partial charge is 0.462 e. The Morgan fingerprint density at radius 3 is 2.47 bits per heavy atom. The monoisotopic (exact) mass is 265 g/mol. The molecule has 0 spiro atoms. The fraction of sp³-hybridized carbons (Fsp3) is 0.562. The number of unbranched alkanes of at least 4 members (excludes halogenated alkanes) is 1. The summed E-state index contributed by atoms with van der Waals surface area (Å²) >= 11 is 0. The second kappa shape index (κ2) is 8.57. The maximum absolute atomic E-state index is 11.9. The predicted molar refractivity (Wildman–Crippen MR) is 79.6 cm³/mol. The molecule has 1 unspecified atom stereocenters. The Balaban J connectivity index is 2.44. The molecule has 0 heterocycles. The van der Waals surface area contributed by atoms with Gasteiger partial charge >= 0.3 is 5.97 Å². The molecule has 0 aromatic heterocycles. The molecule has 0 amide bonds. The van der Waals surface area contributed by atoms with Crippen molar-refractivity contribution >= 4 is 11.7 Å². The minimum Gasteiger partial charge on any atom is -0.462 e. The Kier molecular flexibility index (Phi) is 7.01. The lowest BCUT2D eigenvalue weighted by Crippen LogP contribution is -2.14. The van der Waals surface area contributed by atoms with Gasteiger partial charge < -0.3 is 10.1 Å². The van der Waals surface area contributed by atoms with Crippen LogP contribution in [-0.2, 0) is 4.74 Å². The highest BCUT2D eigenvalue weighted by molar-refractivity contribution is 5.89. The lowest BCUT2D eigenvalue weighted by molar-refractivity contribution is 0.0428. The van der Waals surface area contributed by atoms with Crippen molar-refractivity contribution in [3.8, 4) is 0 Å². The van der Waals surface area contributed by atoms with Crippen molar-refractivity contribution in [1.29, 1.82) is 0 Å². The molecule has 1 aromatic carbocycles. The van der Waals surface area contributed by atoms with Crippen LogP contribution < -0.4 is 5.32 Å². The van der Waals surface area contributed by atoms with Gasteiger partial charge in [-0.3, -0.25) is 0 Å². The highest BCUT2D eigenvalue weighted by Crippen LogP contribution is 2.15. The van der Waals surface area contributed by atoms with Gasteiger partial charge in [-0.25, -0.2) is 4.79 Å². The van der Waals surface area contributed by atoms with E-state index in [4.69, 9.17) is 4.74 Å². The van der Waals surface area contributed by atoms with Crippen LogP contribution in [0.15, 0.2) is 24.3 Å². The van der Waals surface area contributed by atoms with Crippen LogP contribution in [0, 0.1) is 5.92 Å². The molecule has 3 nitrogen and oxygen atoms in total. The molecule has 19 heavy (non-hydrogen) atoms. The van der Waals surface area contributed by atoms with E-state index < -0.39 is 0 Å². The molecule has 0 radical (unpaired) electrons. The van der Waals surface area contributed by atoms with Crippen LogP contribution in [0.5, 0.6) is 0 Å². The van der Waals surface area contributed by atoms with Crippen molar-refractivity contribution in [1.82, 2.24) is 0 Å². The number of rotatable bonds is 8. The lowest BCUT2D eigenvalue weighted by atomic mass is 10.0. The SMILES string of the molecule is CCCCC(CC)CO[14C](=O)c1ccc(NC)cc1. The number of esters is 1. The molecule has 0 aliphatic carbocycles. The van der Waals surface area contributed by atoms with Gasteiger partial charge in [0.1, 0.15) is 0 Å². The van der Waals surface area contributed by atoms with Gasteiger partial charge in [-0.15, -0.1) is 0 Å². The summed E-state index contributed by atoms with van der Waals surface area (Å²) in [5, 5.41) is 3.02. The Hall–Kier alpha value is -1.51. The lowest BCUT2D eigenvalue weighted by Gasteiger charge is -2.14. The zero-order valence-electron chi connectivity index (χ0n) is 12.2. The van der Waals surface area contributed by atoms with E-state index >= 15 is 0 Å². The number of carbonyl (C=O) groups excluding carboxylic acids is 1. The van der Waals surface area contributed by atoms with E-state index in [0.717, 1.165) is 18.5 Å². The van der Waals surface area contributed by atoms with Crippen LogP contribution >= 0.6 is 0 Å². The summed E-state index contributed by atoms with van der Waals surface area (Å²) in [7, 11) is 1.85. The van der Waals surface area contributed by atoms with Gasteiger partial charge in [0.25, 0.3) is 0 Å². The zero-order valence-corrected chi connectivity index (χ0v) is 12.2. The summed E-state index contributed by atoms with van der Waals surface area (Å²) in [6.45, 7) is 4.86. The maximum atomic E-state index is 11.9. The Morgan fingerprint density at radius 2 is 1.95 bits per heavy atom. The van der Waals surface area contributed by atoms with Gasteiger partial charge in [0, 0.05) is 12.7 Å². The molecule has 106 valence electrons. The van der Waals surface area contributed by atoms with E-state index in [1.54, 1.807) is 12.1 Å². The highest BCUT2D eigenvalue weighted by Gasteiger charge is 2.11. The molecule has 0 aliphatic heterocycles. The molecule has 0 bridgehead atoms. The van der Waals surface area contributed by atoms with Gasteiger partial charge in [-0.2, -0.15) is 0 Å². The summed E-state index contributed by atoms with van der Waals surface area (Å²) in [6, 6.07) is 7.35. The first kappa shape index (κ1) is 15.5. The molecule has 1 rings (SSSR count). The Morgan fingerprint density at radius 1 is 1.26 bits per heavy atom. The number of nitrogens with one attached hydrogen (secondary N) is 1. The number of carbonyl (C=O) groups is 1. The first-order chi connectivity index (χ1) is 9.21. The van der Waals surface area contributed by atoms with Gasteiger partial charge in [-0.05, 0) is 36.6 Å². The van der Waals surface area contributed by atoms with Gasteiger partial charge in [0.15, 0.2) is 0 Å². The minimum absolute atomic E-state index is 0.224. The normalized spacial score (nSPS) is 11.9. The summed E-state index contributed by atoms with van der Waals surface area (Å²) in [5.41, 5.74) is 1.61. The molecule has 0 saturated carbocycles. The summed E-state index contributed by atoms with van der Waals surface area (Å²) in [4.78, 5) is 11.9. The van der Waals surface area contributed by atoms with Crippen molar-refractivity contribution in [3.63, 3.8) is 0 Å². The molecule has 3 heteroatoms. The van der Waals surface area contributed by atoms with Crippen LogP contribution in [0.3, 0.4) is 0 Å². The van der Waals surface area contributed by atoms with E-state index in [0.29, 0.717) is 18.1 Å². The third-order valence-corrected chi connectivity index (χ3v) is 3.40. The summed E-state index contributed by atoms with van der Waals surface area (Å²) in [6.07, 6.45) is 4.59. The molecular formula is C16H25NO2. The fourth-order valence-electron chi connectivity index (χ4n) is 1.95. The average molecular weight is 265 g/mol. The Labute approximate surface area is 116 Å².